The zero-order chi connectivity index (χ0) is 13.3. The summed E-state index contributed by atoms with van der Waals surface area (Å²) in [6.07, 6.45) is 3.08. The number of pyridine rings is 1. The van der Waals surface area contributed by atoms with Crippen LogP contribution in [0, 0.1) is 5.41 Å². The Morgan fingerprint density at radius 2 is 2.06 bits per heavy atom. The molecule has 0 spiro atoms. The molecule has 0 aliphatic carbocycles. The van der Waals surface area contributed by atoms with Gasteiger partial charge in [-0.15, -0.1) is 0 Å². The molecule has 0 atom stereocenters. The molecule has 0 bridgehead atoms. The van der Waals surface area contributed by atoms with Crippen molar-refractivity contribution >= 4 is 23.3 Å². The lowest BCUT2D eigenvalue weighted by Gasteiger charge is -2.23. The minimum Gasteiger partial charge on any atom is -0.396 e. The second kappa shape index (κ2) is 4.40. The van der Waals surface area contributed by atoms with Crippen molar-refractivity contribution in [2.24, 2.45) is 5.41 Å². The Labute approximate surface area is 106 Å². The number of amides is 2. The molecule has 1 aliphatic rings. The molecule has 5 nitrogen and oxygen atoms in total. The van der Waals surface area contributed by atoms with Crippen LogP contribution in [0.2, 0.25) is 0 Å². The van der Waals surface area contributed by atoms with Gasteiger partial charge in [-0.1, -0.05) is 13.8 Å². The summed E-state index contributed by atoms with van der Waals surface area (Å²) in [4.78, 5) is 29.7. The molecule has 2 heterocycles. The van der Waals surface area contributed by atoms with Crippen molar-refractivity contribution in [3.8, 4) is 0 Å². The van der Waals surface area contributed by atoms with Crippen molar-refractivity contribution in [3.63, 3.8) is 0 Å². The molecular formula is C13H17N3O2. The van der Waals surface area contributed by atoms with E-state index in [9.17, 15) is 9.59 Å². The molecule has 96 valence electrons. The molecule has 2 N–H and O–H groups in total. The highest BCUT2D eigenvalue weighted by Gasteiger charge is 2.50. The Hall–Kier alpha value is -1.91. The van der Waals surface area contributed by atoms with E-state index in [2.05, 4.69) is 4.98 Å². The number of anilines is 2. The topological polar surface area (TPSA) is 76.3 Å². The number of nitrogens with two attached hydrogens (primary N) is 1. The van der Waals surface area contributed by atoms with Crippen LogP contribution in [0.5, 0.6) is 0 Å². The number of hydrogen-bond acceptors (Lipinski definition) is 4. The van der Waals surface area contributed by atoms with Crippen LogP contribution in [0.1, 0.15) is 33.1 Å². The molecule has 1 aromatic heterocycles. The van der Waals surface area contributed by atoms with Gasteiger partial charge in [-0.25, -0.2) is 9.88 Å². The number of nitrogen functional groups attached to an aromatic ring is 1. The molecule has 0 saturated carbocycles. The maximum Gasteiger partial charge on any atom is 0.241 e. The summed E-state index contributed by atoms with van der Waals surface area (Å²) in [6, 6.07) is 3.32. The van der Waals surface area contributed by atoms with Crippen molar-refractivity contribution in [1.29, 1.82) is 0 Å². The standard InChI is InChI=1S/C13H17N3O2/c1-3-13(4-2)8-10(17)16(12(13)18)11-9(14)6-5-7-15-11/h5-7H,3-4,8,14H2,1-2H3. The summed E-state index contributed by atoms with van der Waals surface area (Å²) >= 11 is 0. The monoisotopic (exact) mass is 247 g/mol. The minimum absolute atomic E-state index is 0.178. The third-order valence-electron chi connectivity index (χ3n) is 3.78. The van der Waals surface area contributed by atoms with Crippen LogP contribution in [0.3, 0.4) is 0 Å². The predicted molar refractivity (Wildman–Crippen MR) is 68.8 cm³/mol. The summed E-state index contributed by atoms with van der Waals surface area (Å²) in [5.74, 6) is -0.131. The number of nitrogens with zero attached hydrogens (tertiary/aromatic N) is 2. The number of hydrogen-bond donors (Lipinski definition) is 1. The highest BCUT2D eigenvalue weighted by atomic mass is 16.2. The van der Waals surface area contributed by atoms with Gasteiger partial charge in [0.05, 0.1) is 11.1 Å². The van der Waals surface area contributed by atoms with E-state index in [0.29, 0.717) is 18.5 Å². The van der Waals surface area contributed by atoms with Crippen LogP contribution in [0.15, 0.2) is 18.3 Å². The van der Waals surface area contributed by atoms with Gasteiger partial charge < -0.3 is 5.73 Å². The van der Waals surface area contributed by atoms with Crippen molar-refractivity contribution in [1.82, 2.24) is 4.98 Å². The number of rotatable bonds is 3. The fourth-order valence-electron chi connectivity index (χ4n) is 2.41. The van der Waals surface area contributed by atoms with Gasteiger partial charge in [0.25, 0.3) is 0 Å². The zero-order valence-corrected chi connectivity index (χ0v) is 10.6. The van der Waals surface area contributed by atoms with E-state index in [1.807, 2.05) is 13.8 Å². The summed E-state index contributed by atoms with van der Waals surface area (Å²) in [7, 11) is 0. The zero-order valence-electron chi connectivity index (χ0n) is 10.6. The highest BCUT2D eigenvalue weighted by Crippen LogP contribution is 2.41. The SMILES string of the molecule is CCC1(CC)CC(=O)N(c2ncccc2N)C1=O. The third-order valence-corrected chi connectivity index (χ3v) is 3.78. The van der Waals surface area contributed by atoms with E-state index in [4.69, 9.17) is 5.73 Å². The Morgan fingerprint density at radius 3 is 2.56 bits per heavy atom. The average Bonchev–Trinajstić information content (AvgIpc) is 2.62. The lowest BCUT2D eigenvalue weighted by molar-refractivity contribution is -0.126. The van der Waals surface area contributed by atoms with E-state index in [-0.39, 0.29) is 24.1 Å². The fraction of sp³-hybridized carbons (Fsp3) is 0.462. The van der Waals surface area contributed by atoms with E-state index < -0.39 is 5.41 Å². The summed E-state index contributed by atoms with van der Waals surface area (Å²) in [6.45, 7) is 3.86. The minimum atomic E-state index is -0.582. The number of imide groups is 1. The summed E-state index contributed by atoms with van der Waals surface area (Å²) in [5.41, 5.74) is 5.55. The molecule has 0 radical (unpaired) electrons. The largest absolute Gasteiger partial charge is 0.396 e. The van der Waals surface area contributed by atoms with Crippen molar-refractivity contribution in [3.05, 3.63) is 18.3 Å². The van der Waals surface area contributed by atoms with Crippen LogP contribution in [0.25, 0.3) is 0 Å². The first-order chi connectivity index (χ1) is 8.55. The Morgan fingerprint density at radius 1 is 1.39 bits per heavy atom. The molecule has 0 unspecified atom stereocenters. The Kier molecular flexibility index (Phi) is 3.07. The van der Waals surface area contributed by atoms with E-state index in [0.717, 1.165) is 4.90 Å². The molecule has 0 aromatic carbocycles. The maximum atomic E-state index is 12.5. The van der Waals surface area contributed by atoms with Crippen LogP contribution in [-0.2, 0) is 9.59 Å². The second-order valence-electron chi connectivity index (χ2n) is 4.61. The van der Waals surface area contributed by atoms with Gasteiger partial charge in [0.15, 0.2) is 5.82 Å². The number of carbonyl (C=O) groups is 2. The Bertz CT molecular complexity index is 495. The quantitative estimate of drug-likeness (QED) is 0.825. The highest BCUT2D eigenvalue weighted by molar-refractivity contribution is 6.23. The molecular weight excluding hydrogens is 230 g/mol. The van der Waals surface area contributed by atoms with Crippen molar-refractivity contribution in [2.45, 2.75) is 33.1 Å². The van der Waals surface area contributed by atoms with E-state index in [1.54, 1.807) is 12.1 Å². The van der Waals surface area contributed by atoms with Gasteiger partial charge in [-0.3, -0.25) is 9.59 Å². The smallest absolute Gasteiger partial charge is 0.241 e. The van der Waals surface area contributed by atoms with Gasteiger partial charge in [0, 0.05) is 12.6 Å². The third kappa shape index (κ3) is 1.66. The molecule has 2 rings (SSSR count). The predicted octanol–water partition coefficient (Wildman–Crippen LogP) is 1.73. The normalized spacial score (nSPS) is 18.4. The summed E-state index contributed by atoms with van der Waals surface area (Å²) < 4.78 is 0. The van der Waals surface area contributed by atoms with Crippen molar-refractivity contribution < 1.29 is 9.59 Å². The first kappa shape index (κ1) is 12.5. The van der Waals surface area contributed by atoms with E-state index in [1.165, 1.54) is 6.20 Å². The molecule has 1 aromatic rings. The summed E-state index contributed by atoms with van der Waals surface area (Å²) in [5, 5.41) is 0. The van der Waals surface area contributed by atoms with Gasteiger partial charge in [0.2, 0.25) is 11.8 Å². The van der Waals surface area contributed by atoms with Gasteiger partial charge in [-0.05, 0) is 25.0 Å². The van der Waals surface area contributed by atoms with Gasteiger partial charge in [0.1, 0.15) is 0 Å². The molecule has 1 fully saturated rings. The first-order valence-corrected chi connectivity index (χ1v) is 6.13. The van der Waals surface area contributed by atoms with Crippen LogP contribution < -0.4 is 10.6 Å². The molecule has 5 heteroatoms. The number of aromatic nitrogens is 1. The van der Waals surface area contributed by atoms with Gasteiger partial charge >= 0.3 is 0 Å². The lowest BCUT2D eigenvalue weighted by atomic mass is 9.81. The van der Waals surface area contributed by atoms with Crippen LogP contribution in [0.4, 0.5) is 11.5 Å². The average molecular weight is 247 g/mol. The molecule has 1 saturated heterocycles. The molecule has 1 aliphatic heterocycles. The number of carbonyl (C=O) groups excluding carboxylic acids is 2. The second-order valence-corrected chi connectivity index (χ2v) is 4.61. The van der Waals surface area contributed by atoms with Crippen molar-refractivity contribution in [2.75, 3.05) is 10.6 Å². The first-order valence-electron chi connectivity index (χ1n) is 6.13. The lowest BCUT2D eigenvalue weighted by Crippen LogP contribution is -2.36. The molecule has 18 heavy (non-hydrogen) atoms. The fourth-order valence-corrected chi connectivity index (χ4v) is 2.41. The van der Waals surface area contributed by atoms with E-state index >= 15 is 0 Å². The maximum absolute atomic E-state index is 12.5. The molecule has 2 amide bonds. The van der Waals surface area contributed by atoms with Crippen LogP contribution in [-0.4, -0.2) is 16.8 Å². The van der Waals surface area contributed by atoms with Crippen LogP contribution >= 0.6 is 0 Å². The Balaban J connectivity index is 2.45. The van der Waals surface area contributed by atoms with Gasteiger partial charge in [-0.2, -0.15) is 0 Å².